The van der Waals surface area contributed by atoms with E-state index in [4.69, 9.17) is 15.6 Å². The summed E-state index contributed by atoms with van der Waals surface area (Å²) < 4.78 is 18.4. The molecule has 128 valence electrons. The van der Waals surface area contributed by atoms with Gasteiger partial charge in [-0.05, 0) is 44.0 Å². The third kappa shape index (κ3) is 6.32. The fourth-order valence-corrected chi connectivity index (χ4v) is 2.88. The summed E-state index contributed by atoms with van der Waals surface area (Å²) in [6, 6.07) is 10.1. The Morgan fingerprint density at radius 1 is 1.33 bits per heavy atom. The van der Waals surface area contributed by atoms with Crippen LogP contribution >= 0.6 is 11.3 Å². The number of hydrogen-bond acceptors (Lipinski definition) is 4. The lowest BCUT2D eigenvalue weighted by Gasteiger charge is -2.20. The van der Waals surface area contributed by atoms with Gasteiger partial charge in [0.05, 0.1) is 18.1 Å². The number of ether oxygens (including phenoxy) is 1. The average Bonchev–Trinajstić information content (AvgIpc) is 3.01. The van der Waals surface area contributed by atoms with Gasteiger partial charge in [0.25, 0.3) is 0 Å². The summed E-state index contributed by atoms with van der Waals surface area (Å²) in [5, 5.41) is 9.16. The van der Waals surface area contributed by atoms with Crippen molar-refractivity contribution in [1.82, 2.24) is 0 Å². The number of hydrogen-bond donors (Lipinski definition) is 2. The molecule has 0 amide bonds. The zero-order valence-electron chi connectivity index (χ0n) is 13.7. The molecule has 1 aromatic carbocycles. The molecule has 1 unspecified atom stereocenters. The first-order valence-corrected chi connectivity index (χ1v) is 8.66. The van der Waals surface area contributed by atoms with E-state index in [1.165, 1.54) is 17.0 Å². The van der Waals surface area contributed by atoms with Crippen LogP contribution in [0.2, 0.25) is 0 Å². The SMILES string of the molecule is CC(N)(CO)CCc1ccc(C#CCCOc2cccc(F)c2)s1. The molecular formula is C19H22FNO2S. The van der Waals surface area contributed by atoms with Crippen LogP contribution in [0.25, 0.3) is 0 Å². The highest BCUT2D eigenvalue weighted by Gasteiger charge is 2.16. The predicted octanol–water partition coefficient (Wildman–Crippen LogP) is 3.35. The summed E-state index contributed by atoms with van der Waals surface area (Å²) in [6.45, 7) is 2.26. The van der Waals surface area contributed by atoms with Crippen LogP contribution in [-0.2, 0) is 6.42 Å². The number of nitrogens with two attached hydrogens (primary N) is 1. The molecule has 3 nitrogen and oxygen atoms in total. The average molecular weight is 347 g/mol. The fraction of sp³-hybridized carbons (Fsp3) is 0.368. The molecule has 0 aliphatic carbocycles. The molecule has 0 saturated carbocycles. The smallest absolute Gasteiger partial charge is 0.126 e. The minimum Gasteiger partial charge on any atom is -0.492 e. The lowest BCUT2D eigenvalue weighted by molar-refractivity contribution is 0.201. The molecule has 5 heteroatoms. The first-order valence-electron chi connectivity index (χ1n) is 7.84. The molecule has 24 heavy (non-hydrogen) atoms. The van der Waals surface area contributed by atoms with Crippen molar-refractivity contribution in [2.24, 2.45) is 5.73 Å². The van der Waals surface area contributed by atoms with Crippen LogP contribution in [0.5, 0.6) is 5.75 Å². The van der Waals surface area contributed by atoms with Crippen molar-refractivity contribution in [2.45, 2.75) is 31.7 Å². The largest absolute Gasteiger partial charge is 0.492 e. The molecule has 1 atom stereocenters. The lowest BCUT2D eigenvalue weighted by atomic mass is 9.98. The maximum atomic E-state index is 13.0. The maximum Gasteiger partial charge on any atom is 0.126 e. The van der Waals surface area contributed by atoms with Crippen molar-refractivity contribution in [3.8, 4) is 17.6 Å². The summed E-state index contributed by atoms with van der Waals surface area (Å²) in [7, 11) is 0. The van der Waals surface area contributed by atoms with Crippen LogP contribution in [0.15, 0.2) is 36.4 Å². The standard InChI is InChI=1S/C19H22FNO2S/c1-19(21,14-22)11-10-18-9-8-17(24-18)7-2-3-12-23-16-6-4-5-15(20)13-16/h4-6,8-9,13,22H,3,10-12,14,21H2,1H3. The lowest BCUT2D eigenvalue weighted by Crippen LogP contribution is -2.40. The highest BCUT2D eigenvalue weighted by Crippen LogP contribution is 2.19. The number of aliphatic hydroxyl groups excluding tert-OH is 1. The quantitative estimate of drug-likeness (QED) is 0.596. The molecule has 1 aromatic heterocycles. The van der Waals surface area contributed by atoms with Gasteiger partial charge in [0.2, 0.25) is 0 Å². The second kappa shape index (κ2) is 8.84. The van der Waals surface area contributed by atoms with Gasteiger partial charge in [0.15, 0.2) is 0 Å². The monoisotopic (exact) mass is 347 g/mol. The van der Waals surface area contributed by atoms with E-state index in [2.05, 4.69) is 11.8 Å². The zero-order chi connectivity index (χ0) is 17.4. The third-order valence-corrected chi connectivity index (χ3v) is 4.53. The molecule has 1 heterocycles. The molecule has 2 rings (SSSR count). The van der Waals surface area contributed by atoms with Crippen LogP contribution in [-0.4, -0.2) is 23.9 Å². The molecule has 0 aliphatic rings. The Bertz CT molecular complexity index is 715. The van der Waals surface area contributed by atoms with Crippen molar-refractivity contribution in [3.05, 3.63) is 52.0 Å². The number of aryl methyl sites for hydroxylation is 1. The molecule has 0 aliphatic heterocycles. The normalized spacial score (nSPS) is 13.0. The van der Waals surface area contributed by atoms with E-state index in [1.54, 1.807) is 23.5 Å². The van der Waals surface area contributed by atoms with Gasteiger partial charge in [-0.25, -0.2) is 4.39 Å². The van der Waals surface area contributed by atoms with Crippen molar-refractivity contribution < 1.29 is 14.2 Å². The Balaban J connectivity index is 1.75. The number of rotatable bonds is 7. The van der Waals surface area contributed by atoms with Crippen molar-refractivity contribution in [3.63, 3.8) is 0 Å². The minimum absolute atomic E-state index is 0.0175. The van der Waals surface area contributed by atoms with Crippen LogP contribution < -0.4 is 10.5 Å². The van der Waals surface area contributed by atoms with Gasteiger partial charge in [-0.3, -0.25) is 0 Å². The Morgan fingerprint density at radius 3 is 2.92 bits per heavy atom. The molecule has 3 N–H and O–H groups in total. The van der Waals surface area contributed by atoms with Crippen molar-refractivity contribution in [2.75, 3.05) is 13.2 Å². The van der Waals surface area contributed by atoms with Gasteiger partial charge >= 0.3 is 0 Å². The number of thiophene rings is 1. The minimum atomic E-state index is -0.538. The second-order valence-corrected chi connectivity index (χ2v) is 7.10. The van der Waals surface area contributed by atoms with Crippen molar-refractivity contribution in [1.29, 1.82) is 0 Å². The Morgan fingerprint density at radius 2 is 2.17 bits per heavy atom. The summed E-state index contributed by atoms with van der Waals surface area (Å²) >= 11 is 1.64. The number of halogens is 1. The van der Waals surface area contributed by atoms with Gasteiger partial charge < -0.3 is 15.6 Å². The van der Waals surface area contributed by atoms with Gasteiger partial charge in [-0.1, -0.05) is 17.9 Å². The summed E-state index contributed by atoms with van der Waals surface area (Å²) in [4.78, 5) is 2.21. The first-order chi connectivity index (χ1) is 11.5. The molecular weight excluding hydrogens is 325 g/mol. The van der Waals surface area contributed by atoms with E-state index in [-0.39, 0.29) is 12.4 Å². The van der Waals surface area contributed by atoms with Crippen LogP contribution in [0, 0.1) is 17.7 Å². The van der Waals surface area contributed by atoms with Gasteiger partial charge in [0, 0.05) is 22.9 Å². The summed E-state index contributed by atoms with van der Waals surface area (Å²) in [6.07, 6.45) is 2.15. The summed E-state index contributed by atoms with van der Waals surface area (Å²) in [5.41, 5.74) is 5.39. The number of aliphatic hydroxyl groups is 1. The third-order valence-electron chi connectivity index (χ3n) is 3.47. The van der Waals surface area contributed by atoms with Gasteiger partial charge in [-0.15, -0.1) is 11.3 Å². The van der Waals surface area contributed by atoms with Crippen LogP contribution in [0.3, 0.4) is 0 Å². The maximum absolute atomic E-state index is 13.0. The molecule has 2 aromatic rings. The molecule has 0 spiro atoms. The van der Waals surface area contributed by atoms with Gasteiger partial charge in [0.1, 0.15) is 11.6 Å². The van der Waals surface area contributed by atoms with E-state index in [9.17, 15) is 4.39 Å². The zero-order valence-corrected chi connectivity index (χ0v) is 14.5. The highest BCUT2D eigenvalue weighted by molar-refractivity contribution is 7.12. The number of benzene rings is 1. The molecule has 0 fully saturated rings. The van der Waals surface area contributed by atoms with Gasteiger partial charge in [-0.2, -0.15) is 0 Å². The van der Waals surface area contributed by atoms with E-state index < -0.39 is 5.54 Å². The van der Waals surface area contributed by atoms with Crippen molar-refractivity contribution >= 4 is 11.3 Å². The van der Waals surface area contributed by atoms with Crippen LogP contribution in [0.4, 0.5) is 4.39 Å². The highest BCUT2D eigenvalue weighted by atomic mass is 32.1. The molecule has 0 saturated heterocycles. The second-order valence-electron chi connectivity index (χ2n) is 5.94. The van der Waals surface area contributed by atoms with E-state index >= 15 is 0 Å². The Kier molecular flexibility index (Phi) is 6.80. The Labute approximate surface area is 146 Å². The fourth-order valence-electron chi connectivity index (χ4n) is 1.99. The predicted molar refractivity (Wildman–Crippen MR) is 95.7 cm³/mol. The van der Waals surface area contributed by atoms with E-state index in [0.717, 1.165) is 17.7 Å². The van der Waals surface area contributed by atoms with Crippen LogP contribution in [0.1, 0.15) is 29.5 Å². The molecule has 0 radical (unpaired) electrons. The van der Waals surface area contributed by atoms with E-state index in [0.29, 0.717) is 18.8 Å². The first kappa shape index (κ1) is 18.5. The van der Waals surface area contributed by atoms with E-state index in [1.807, 2.05) is 19.1 Å². The molecule has 0 bridgehead atoms. The topological polar surface area (TPSA) is 55.5 Å². The Hall–Kier alpha value is -1.87. The summed E-state index contributed by atoms with van der Waals surface area (Å²) in [5.74, 6) is 6.38.